The van der Waals surface area contributed by atoms with Gasteiger partial charge in [-0.05, 0) is 24.3 Å². The zero-order valence-electron chi connectivity index (χ0n) is 11.8. The summed E-state index contributed by atoms with van der Waals surface area (Å²) in [4.78, 5) is 18.5. The lowest BCUT2D eigenvalue weighted by Gasteiger charge is -2.13. The van der Waals surface area contributed by atoms with Crippen LogP contribution in [0.25, 0.3) is 11.0 Å². The Balaban J connectivity index is 2.17. The molecule has 3 aromatic rings. The van der Waals surface area contributed by atoms with Gasteiger partial charge in [0.2, 0.25) is 0 Å². The number of fused-ring (bicyclic) bond motifs is 1. The normalized spacial score (nSPS) is 10.8. The first-order valence-corrected chi connectivity index (χ1v) is 7.26. The number of rotatable bonds is 3. The van der Waals surface area contributed by atoms with Gasteiger partial charge < -0.3 is 15.0 Å². The number of carbonyl (C=O) groups excluding carboxylic acids is 1. The molecule has 1 aromatic heterocycles. The number of hydrogen-bond acceptors (Lipinski definition) is 4. The molecule has 8 heteroatoms. The van der Waals surface area contributed by atoms with Crippen LogP contribution in [0.2, 0.25) is 0 Å². The number of carbonyl (C=O) groups is 1. The molecule has 5 nitrogen and oxygen atoms in total. The van der Waals surface area contributed by atoms with E-state index >= 15 is 0 Å². The minimum Gasteiger partial charge on any atom is -0.465 e. The van der Waals surface area contributed by atoms with Crippen LogP contribution in [0.5, 0.6) is 0 Å². The van der Waals surface area contributed by atoms with E-state index in [4.69, 9.17) is 0 Å². The quantitative estimate of drug-likeness (QED) is 0.669. The molecule has 3 rings (SSSR count). The van der Waals surface area contributed by atoms with Crippen molar-refractivity contribution >= 4 is 44.3 Å². The molecule has 1 heterocycles. The third kappa shape index (κ3) is 2.77. The number of nitrogens with one attached hydrogen (secondary N) is 2. The fraction of sp³-hybridized carbons (Fsp3) is 0.0667. The Hall–Kier alpha value is -2.48. The molecule has 23 heavy (non-hydrogen) atoms. The summed E-state index contributed by atoms with van der Waals surface area (Å²) in [6.45, 7) is 0. The van der Waals surface area contributed by atoms with E-state index in [-0.39, 0.29) is 22.5 Å². The number of halogens is 3. The van der Waals surface area contributed by atoms with Crippen molar-refractivity contribution in [2.75, 3.05) is 12.4 Å². The Bertz CT molecular complexity index is 911. The molecule has 0 atom stereocenters. The van der Waals surface area contributed by atoms with Gasteiger partial charge in [-0.25, -0.2) is 18.6 Å². The fourth-order valence-corrected chi connectivity index (χ4v) is 2.49. The molecule has 0 amide bonds. The van der Waals surface area contributed by atoms with Gasteiger partial charge in [-0.1, -0.05) is 15.9 Å². The second-order valence-corrected chi connectivity index (χ2v) is 5.57. The average Bonchev–Trinajstić information content (AvgIpc) is 3.00. The highest BCUT2D eigenvalue weighted by Gasteiger charge is 2.21. The summed E-state index contributed by atoms with van der Waals surface area (Å²) >= 11 is 3.14. The first-order chi connectivity index (χ1) is 11.0. The summed E-state index contributed by atoms with van der Waals surface area (Å²) in [7, 11) is 1.18. The van der Waals surface area contributed by atoms with E-state index in [1.807, 2.05) is 0 Å². The number of nitrogens with zero attached hydrogens (tertiary/aromatic N) is 1. The topological polar surface area (TPSA) is 67.0 Å². The van der Waals surface area contributed by atoms with Crippen LogP contribution < -0.4 is 5.32 Å². The smallest absolute Gasteiger partial charge is 0.340 e. The van der Waals surface area contributed by atoms with Crippen LogP contribution in [-0.2, 0) is 4.74 Å². The van der Waals surface area contributed by atoms with Crippen molar-refractivity contribution in [2.24, 2.45) is 0 Å². The second kappa shape index (κ2) is 5.96. The molecule has 0 unspecified atom stereocenters. The van der Waals surface area contributed by atoms with Crippen LogP contribution in [0, 0.1) is 11.6 Å². The number of imidazole rings is 1. The Morgan fingerprint density at radius 1 is 1.35 bits per heavy atom. The lowest BCUT2D eigenvalue weighted by Crippen LogP contribution is -2.08. The van der Waals surface area contributed by atoms with Crippen molar-refractivity contribution in [3.8, 4) is 0 Å². The maximum Gasteiger partial charge on any atom is 0.340 e. The second-order valence-electron chi connectivity index (χ2n) is 4.65. The number of methoxy groups -OCH3 is 1. The maximum atomic E-state index is 14.7. The lowest BCUT2D eigenvalue weighted by molar-refractivity contribution is 0.0601. The van der Waals surface area contributed by atoms with Crippen LogP contribution in [0.15, 0.2) is 35.1 Å². The first kappa shape index (κ1) is 15.4. The van der Waals surface area contributed by atoms with Crippen molar-refractivity contribution < 1.29 is 18.3 Å². The lowest BCUT2D eigenvalue weighted by atomic mass is 10.1. The molecule has 0 fully saturated rings. The molecule has 118 valence electrons. The van der Waals surface area contributed by atoms with Gasteiger partial charge in [-0.15, -0.1) is 0 Å². The van der Waals surface area contributed by atoms with Crippen LogP contribution in [0.3, 0.4) is 0 Å². The molecule has 2 aromatic carbocycles. The van der Waals surface area contributed by atoms with Gasteiger partial charge >= 0.3 is 5.97 Å². The molecule has 0 aliphatic heterocycles. The predicted molar refractivity (Wildman–Crippen MR) is 84.8 cm³/mol. The van der Waals surface area contributed by atoms with Crippen LogP contribution >= 0.6 is 15.9 Å². The van der Waals surface area contributed by atoms with Crippen LogP contribution in [-0.4, -0.2) is 23.0 Å². The highest BCUT2D eigenvalue weighted by molar-refractivity contribution is 9.10. The van der Waals surface area contributed by atoms with E-state index in [1.54, 1.807) is 6.07 Å². The molecule has 0 bridgehead atoms. The SMILES string of the molecule is COC(=O)c1cc2[nH]cnc2c(F)c1Nc1ccc(Br)cc1F. The average molecular weight is 382 g/mol. The summed E-state index contributed by atoms with van der Waals surface area (Å²) in [5, 5.41) is 2.61. The molecule has 2 N–H and O–H groups in total. The fourth-order valence-electron chi connectivity index (χ4n) is 2.16. The van der Waals surface area contributed by atoms with Gasteiger partial charge in [0.15, 0.2) is 5.82 Å². The molecular weight excluding hydrogens is 372 g/mol. The molecule has 0 saturated carbocycles. The van der Waals surface area contributed by atoms with E-state index in [0.29, 0.717) is 9.99 Å². The number of esters is 1. The maximum absolute atomic E-state index is 14.7. The van der Waals surface area contributed by atoms with Gasteiger partial charge in [0.25, 0.3) is 0 Å². The van der Waals surface area contributed by atoms with Crippen molar-refractivity contribution in [3.05, 3.63) is 52.3 Å². The number of benzene rings is 2. The highest BCUT2D eigenvalue weighted by Crippen LogP contribution is 2.31. The number of aromatic nitrogens is 2. The molecule has 0 radical (unpaired) electrons. The predicted octanol–water partition coefficient (Wildman–Crippen LogP) is 4.13. The third-order valence-corrected chi connectivity index (χ3v) is 3.74. The number of anilines is 2. The Morgan fingerprint density at radius 2 is 2.13 bits per heavy atom. The van der Waals surface area contributed by atoms with Crippen molar-refractivity contribution in [3.63, 3.8) is 0 Å². The summed E-state index contributed by atoms with van der Waals surface area (Å²) in [6, 6.07) is 5.64. The molecule has 0 aliphatic rings. The van der Waals surface area contributed by atoms with Crippen molar-refractivity contribution in [2.45, 2.75) is 0 Å². The number of hydrogen-bond donors (Lipinski definition) is 2. The molecule has 0 aliphatic carbocycles. The minimum atomic E-state index is -0.772. The van der Waals surface area contributed by atoms with Gasteiger partial charge in [0.1, 0.15) is 11.3 Å². The summed E-state index contributed by atoms with van der Waals surface area (Å²) in [6.07, 6.45) is 1.30. The standard InChI is InChI=1S/C15H10BrF2N3O2/c1-23-15(22)8-5-11-14(20-6-19-11)12(18)13(8)21-10-3-2-7(16)4-9(10)17/h2-6,21H,1H3,(H,19,20). The number of H-pyrrole nitrogens is 1. The van der Waals surface area contributed by atoms with Crippen molar-refractivity contribution in [1.82, 2.24) is 9.97 Å². The van der Waals surface area contributed by atoms with E-state index in [9.17, 15) is 13.6 Å². The Labute approximate surface area is 137 Å². The van der Waals surface area contributed by atoms with Crippen LogP contribution in [0.1, 0.15) is 10.4 Å². The van der Waals surface area contributed by atoms with Gasteiger partial charge in [0, 0.05) is 4.47 Å². The zero-order valence-corrected chi connectivity index (χ0v) is 13.4. The number of ether oxygens (including phenoxy) is 1. The van der Waals surface area contributed by atoms with Gasteiger partial charge in [-0.3, -0.25) is 0 Å². The third-order valence-electron chi connectivity index (χ3n) is 3.25. The van der Waals surface area contributed by atoms with E-state index < -0.39 is 17.6 Å². The van der Waals surface area contributed by atoms with E-state index in [1.165, 1.54) is 31.6 Å². The highest BCUT2D eigenvalue weighted by atomic mass is 79.9. The monoisotopic (exact) mass is 381 g/mol. The molecular formula is C15H10BrF2N3O2. The van der Waals surface area contributed by atoms with Gasteiger partial charge in [-0.2, -0.15) is 0 Å². The minimum absolute atomic E-state index is 0.0205. The number of aromatic amines is 1. The van der Waals surface area contributed by atoms with E-state index in [0.717, 1.165) is 0 Å². The first-order valence-electron chi connectivity index (χ1n) is 6.47. The summed E-state index contributed by atoms with van der Waals surface area (Å²) < 4.78 is 33.9. The van der Waals surface area contributed by atoms with Crippen molar-refractivity contribution in [1.29, 1.82) is 0 Å². The Kier molecular flexibility index (Phi) is 3.99. The molecule has 0 spiro atoms. The van der Waals surface area contributed by atoms with E-state index in [2.05, 4.69) is 36.0 Å². The van der Waals surface area contributed by atoms with Crippen LogP contribution in [0.4, 0.5) is 20.2 Å². The summed E-state index contributed by atoms with van der Waals surface area (Å²) in [5.74, 6) is -2.12. The molecule has 0 saturated heterocycles. The summed E-state index contributed by atoms with van der Waals surface area (Å²) in [5.41, 5.74) is 0.135. The largest absolute Gasteiger partial charge is 0.465 e. The zero-order chi connectivity index (χ0) is 16.6. The van der Waals surface area contributed by atoms with Gasteiger partial charge in [0.05, 0.1) is 35.9 Å². The Morgan fingerprint density at radius 3 is 2.83 bits per heavy atom.